The van der Waals surface area contributed by atoms with Crippen LogP contribution in [0.2, 0.25) is 0 Å². The molecule has 10 heteroatoms. The quantitative estimate of drug-likeness (QED) is 0.495. The zero-order chi connectivity index (χ0) is 19.0. The minimum atomic E-state index is -3.51. The van der Waals surface area contributed by atoms with Gasteiger partial charge in [-0.1, -0.05) is 12.1 Å². The van der Waals surface area contributed by atoms with E-state index in [9.17, 15) is 13.5 Å². The average molecular weight is 399 g/mol. The normalized spacial score (nSPS) is 12.2. The molecule has 2 heterocycles. The van der Waals surface area contributed by atoms with Gasteiger partial charge in [0.05, 0.1) is 23.0 Å². The number of phenolic OH excluding ortho intramolecular Hbond substituents is 1. The van der Waals surface area contributed by atoms with E-state index in [0.717, 1.165) is 11.6 Å². The smallest absolute Gasteiger partial charge is 0.229 e. The van der Waals surface area contributed by atoms with Crippen LogP contribution in [-0.4, -0.2) is 29.1 Å². The molecule has 0 spiro atoms. The van der Waals surface area contributed by atoms with Crippen LogP contribution in [0.5, 0.6) is 5.75 Å². The van der Waals surface area contributed by atoms with Gasteiger partial charge in [0.25, 0.3) is 0 Å². The van der Waals surface area contributed by atoms with Gasteiger partial charge in [-0.25, -0.2) is 13.4 Å². The largest absolute Gasteiger partial charge is 0.507 e. The fourth-order valence-corrected chi connectivity index (χ4v) is 3.91. The number of phenols is 1. The Labute approximate surface area is 158 Å². The van der Waals surface area contributed by atoms with E-state index in [2.05, 4.69) is 24.3 Å². The zero-order valence-electron chi connectivity index (χ0n) is 14.0. The first kappa shape index (κ1) is 17.3. The van der Waals surface area contributed by atoms with Crippen LogP contribution in [0.3, 0.4) is 0 Å². The molecule has 2 N–H and O–H groups in total. The van der Waals surface area contributed by atoms with Crippen molar-refractivity contribution < 1.29 is 13.5 Å². The lowest BCUT2D eigenvalue weighted by Gasteiger charge is -2.10. The number of rotatable bonds is 4. The Balaban J connectivity index is 1.87. The summed E-state index contributed by atoms with van der Waals surface area (Å²) in [5, 5.41) is 21.0. The molecular weight excluding hydrogens is 386 g/mol. The van der Waals surface area contributed by atoms with E-state index < -0.39 is 10.0 Å². The number of aromatic nitrogens is 2. The molecule has 2 aromatic heterocycles. The molecule has 0 aliphatic carbocycles. The highest BCUT2D eigenvalue weighted by Crippen LogP contribution is 2.39. The summed E-state index contributed by atoms with van der Waals surface area (Å²) in [4.78, 5) is 4.16. The SMILES string of the molecule is CS(=O)(=O)Nc1cccc2c(O)ccc(/N=N/c3snc4ncccc34)c12. The van der Waals surface area contributed by atoms with E-state index in [4.69, 9.17) is 0 Å². The second kappa shape index (κ2) is 6.56. The van der Waals surface area contributed by atoms with Crippen LogP contribution in [0.1, 0.15) is 0 Å². The van der Waals surface area contributed by atoms with Crippen LogP contribution in [0.25, 0.3) is 21.8 Å². The first-order chi connectivity index (χ1) is 12.9. The fourth-order valence-electron chi connectivity index (χ4n) is 2.68. The maximum Gasteiger partial charge on any atom is 0.229 e. The van der Waals surface area contributed by atoms with Crippen molar-refractivity contribution in [2.24, 2.45) is 10.2 Å². The number of sulfonamides is 1. The lowest BCUT2D eigenvalue weighted by atomic mass is 10.1. The molecule has 0 saturated heterocycles. The fraction of sp³-hybridized carbons (Fsp3) is 0.0588. The monoisotopic (exact) mass is 399 g/mol. The Morgan fingerprint density at radius 2 is 1.89 bits per heavy atom. The maximum atomic E-state index is 11.7. The minimum Gasteiger partial charge on any atom is -0.507 e. The first-order valence-corrected chi connectivity index (χ1v) is 10.4. The number of anilines is 1. The number of nitrogens with zero attached hydrogens (tertiary/aromatic N) is 4. The van der Waals surface area contributed by atoms with Crippen LogP contribution in [0.15, 0.2) is 58.9 Å². The first-order valence-electron chi connectivity index (χ1n) is 7.77. The molecule has 0 amide bonds. The molecule has 0 aliphatic rings. The van der Waals surface area contributed by atoms with Gasteiger partial charge in [0.15, 0.2) is 10.6 Å². The topological polar surface area (TPSA) is 117 Å². The van der Waals surface area contributed by atoms with Gasteiger partial charge in [-0.2, -0.15) is 4.37 Å². The van der Waals surface area contributed by atoms with Crippen LogP contribution in [0.4, 0.5) is 16.4 Å². The zero-order valence-corrected chi connectivity index (χ0v) is 15.6. The van der Waals surface area contributed by atoms with Gasteiger partial charge in [-0.3, -0.25) is 4.72 Å². The van der Waals surface area contributed by atoms with Gasteiger partial charge in [-0.15, -0.1) is 10.2 Å². The van der Waals surface area contributed by atoms with E-state index in [-0.39, 0.29) is 5.75 Å². The van der Waals surface area contributed by atoms with E-state index in [1.54, 1.807) is 36.5 Å². The molecule has 0 aliphatic heterocycles. The number of nitrogens with one attached hydrogen (secondary N) is 1. The number of benzene rings is 2. The molecule has 8 nitrogen and oxygen atoms in total. The van der Waals surface area contributed by atoms with Crippen LogP contribution >= 0.6 is 11.5 Å². The number of aromatic hydroxyl groups is 1. The molecule has 0 saturated carbocycles. The summed E-state index contributed by atoms with van der Waals surface area (Å²) < 4.78 is 30.1. The van der Waals surface area contributed by atoms with Crippen molar-refractivity contribution in [2.45, 2.75) is 0 Å². The number of hydrogen-bond donors (Lipinski definition) is 2. The summed E-state index contributed by atoms with van der Waals surface area (Å²) in [7, 11) is -3.51. The predicted octanol–water partition coefficient (Wildman–Crippen LogP) is 4.34. The third kappa shape index (κ3) is 3.44. The molecular formula is C17H13N5O3S2. The Kier molecular flexibility index (Phi) is 4.21. The summed E-state index contributed by atoms with van der Waals surface area (Å²) in [6.07, 6.45) is 2.71. The number of fused-ring (bicyclic) bond motifs is 2. The van der Waals surface area contributed by atoms with Gasteiger partial charge in [0, 0.05) is 17.0 Å². The van der Waals surface area contributed by atoms with E-state index in [1.165, 1.54) is 17.6 Å². The van der Waals surface area contributed by atoms with Gasteiger partial charge >= 0.3 is 0 Å². The molecule has 2 aromatic carbocycles. The van der Waals surface area contributed by atoms with E-state index in [1.807, 2.05) is 6.07 Å². The van der Waals surface area contributed by atoms with Crippen molar-refractivity contribution >= 4 is 59.7 Å². The molecule has 136 valence electrons. The van der Waals surface area contributed by atoms with Gasteiger partial charge < -0.3 is 5.11 Å². The van der Waals surface area contributed by atoms with Crippen LogP contribution < -0.4 is 4.72 Å². The molecule has 4 rings (SSSR count). The number of hydrogen-bond acceptors (Lipinski definition) is 8. The van der Waals surface area contributed by atoms with Gasteiger partial charge in [0.2, 0.25) is 10.0 Å². The highest BCUT2D eigenvalue weighted by atomic mass is 32.2. The second-order valence-corrected chi connectivity index (χ2v) is 8.27. The summed E-state index contributed by atoms with van der Waals surface area (Å²) in [5.74, 6) is 0.0218. The van der Waals surface area contributed by atoms with Crippen LogP contribution in [0, 0.1) is 0 Å². The van der Waals surface area contributed by atoms with Crippen molar-refractivity contribution in [3.63, 3.8) is 0 Å². The lowest BCUT2D eigenvalue weighted by molar-refractivity contribution is 0.481. The summed E-state index contributed by atoms with van der Waals surface area (Å²) in [6, 6.07) is 11.7. The second-order valence-electron chi connectivity index (χ2n) is 5.77. The molecule has 0 fully saturated rings. The van der Waals surface area contributed by atoms with Crippen LogP contribution in [-0.2, 0) is 10.0 Å². The maximum absolute atomic E-state index is 11.7. The number of azo groups is 1. The van der Waals surface area contributed by atoms with Gasteiger partial charge in [0.1, 0.15) is 5.75 Å². The van der Waals surface area contributed by atoms with Gasteiger partial charge in [-0.05, 0) is 41.9 Å². The highest BCUT2D eigenvalue weighted by Gasteiger charge is 2.13. The predicted molar refractivity (Wildman–Crippen MR) is 106 cm³/mol. The standard InChI is InChI=1S/C17H13N5O3S2/c1-27(24,25)22-13-6-2-4-10-14(23)8-7-12(15(10)13)19-20-17-11-5-3-9-18-16(11)21-26-17/h2-9,22-23H,1H3/b20-19+. The summed E-state index contributed by atoms with van der Waals surface area (Å²) in [5.41, 5.74) is 1.32. The summed E-state index contributed by atoms with van der Waals surface area (Å²) >= 11 is 1.17. The van der Waals surface area contributed by atoms with Crippen molar-refractivity contribution in [3.05, 3.63) is 48.7 Å². The molecule has 0 radical (unpaired) electrons. The third-order valence-corrected chi connectivity index (χ3v) is 5.10. The molecule has 4 aromatic rings. The third-order valence-electron chi connectivity index (χ3n) is 3.78. The molecule has 27 heavy (non-hydrogen) atoms. The molecule has 0 unspecified atom stereocenters. The minimum absolute atomic E-state index is 0.0218. The Hall–Kier alpha value is -3.11. The average Bonchev–Trinajstić information content (AvgIpc) is 3.04. The Morgan fingerprint density at radius 3 is 2.70 bits per heavy atom. The van der Waals surface area contributed by atoms with E-state index >= 15 is 0 Å². The lowest BCUT2D eigenvalue weighted by Crippen LogP contribution is -2.09. The van der Waals surface area contributed by atoms with Crippen molar-refractivity contribution in [1.29, 1.82) is 0 Å². The Morgan fingerprint density at radius 1 is 1.07 bits per heavy atom. The van der Waals surface area contributed by atoms with Crippen molar-refractivity contribution in [2.75, 3.05) is 11.0 Å². The highest BCUT2D eigenvalue weighted by molar-refractivity contribution is 7.92. The molecule has 0 atom stereocenters. The number of pyridine rings is 1. The van der Waals surface area contributed by atoms with Crippen molar-refractivity contribution in [1.82, 2.24) is 9.36 Å². The summed E-state index contributed by atoms with van der Waals surface area (Å²) in [6.45, 7) is 0. The Bertz CT molecular complexity index is 1300. The van der Waals surface area contributed by atoms with E-state index in [0.29, 0.717) is 32.8 Å². The van der Waals surface area contributed by atoms with Crippen molar-refractivity contribution in [3.8, 4) is 5.75 Å². The molecule has 0 bridgehead atoms.